The minimum atomic E-state index is -1.59. The highest BCUT2D eigenvalue weighted by atomic mass is 19.1. The second kappa shape index (κ2) is 28.7. The lowest BCUT2D eigenvalue weighted by molar-refractivity contribution is -0.302. The lowest BCUT2D eigenvalue weighted by atomic mass is 9.98. The van der Waals surface area contributed by atoms with E-state index in [4.69, 9.17) is 19.9 Å². The maximum absolute atomic E-state index is 13.1. The number of hydrogen-bond acceptors (Lipinski definition) is 10. The van der Waals surface area contributed by atoms with Gasteiger partial charge in [-0.3, -0.25) is 4.79 Å². The van der Waals surface area contributed by atoms with E-state index in [-0.39, 0.29) is 24.8 Å². The Morgan fingerprint density at radius 2 is 1.29 bits per heavy atom. The van der Waals surface area contributed by atoms with Gasteiger partial charge in [0.2, 0.25) is 0 Å². The van der Waals surface area contributed by atoms with Gasteiger partial charge in [-0.05, 0) is 49.8 Å². The molecule has 0 aliphatic carbocycles. The summed E-state index contributed by atoms with van der Waals surface area (Å²) >= 11 is 0. The van der Waals surface area contributed by atoms with Crippen molar-refractivity contribution in [2.45, 2.75) is 204 Å². The molecule has 2 unspecified atom stereocenters. The zero-order chi connectivity index (χ0) is 38.0. The molecule has 2 rings (SSSR count). The van der Waals surface area contributed by atoms with Gasteiger partial charge in [-0.15, -0.1) is 0 Å². The van der Waals surface area contributed by atoms with Crippen LogP contribution >= 0.6 is 0 Å². The van der Waals surface area contributed by atoms with E-state index in [0.717, 1.165) is 77.0 Å². The summed E-state index contributed by atoms with van der Waals surface area (Å²) in [5, 5.41) is 51.0. The molecule has 0 bridgehead atoms. The smallest absolute Gasteiger partial charge is 0.306 e. The molecule has 1 aromatic rings. The first-order chi connectivity index (χ1) is 25.2. The highest BCUT2D eigenvalue weighted by Crippen LogP contribution is 2.23. The molecule has 11 heteroatoms. The van der Waals surface area contributed by atoms with Gasteiger partial charge in [-0.1, -0.05) is 128 Å². The SMILES string of the molecule is CCCCCCCCCCCCCC[C@@H](OC(=O)CCCCCCCCCCc1ccc(F)cc1)[C@@H](O)[C@@H](N)CO[C@H]1OC(CO)[C@H](O)[C@H](O)C1O. The fourth-order valence-corrected chi connectivity index (χ4v) is 6.81. The average molecular weight is 742 g/mol. The van der Waals surface area contributed by atoms with Crippen LogP contribution in [0.5, 0.6) is 0 Å². The van der Waals surface area contributed by atoms with Gasteiger partial charge in [0.15, 0.2) is 6.29 Å². The maximum Gasteiger partial charge on any atom is 0.306 e. The Kier molecular flexibility index (Phi) is 25.6. The molecular weight excluding hydrogens is 669 g/mol. The molecule has 1 saturated heterocycles. The summed E-state index contributed by atoms with van der Waals surface area (Å²) in [6.07, 6.45) is 15.1. The molecule has 7 N–H and O–H groups in total. The summed E-state index contributed by atoms with van der Waals surface area (Å²) in [5.74, 6) is -0.572. The minimum Gasteiger partial charge on any atom is -0.460 e. The number of benzene rings is 1. The van der Waals surface area contributed by atoms with E-state index in [2.05, 4.69) is 6.92 Å². The number of carbonyl (C=O) groups is 1. The highest BCUT2D eigenvalue weighted by molar-refractivity contribution is 5.69. The molecule has 1 fully saturated rings. The molecule has 1 heterocycles. The summed E-state index contributed by atoms with van der Waals surface area (Å²) in [7, 11) is 0. The molecule has 0 aromatic heterocycles. The number of ether oxygens (including phenoxy) is 3. The van der Waals surface area contributed by atoms with E-state index < -0.39 is 55.6 Å². The molecule has 0 saturated carbocycles. The van der Waals surface area contributed by atoms with Crippen molar-refractivity contribution in [3.63, 3.8) is 0 Å². The Labute approximate surface area is 312 Å². The number of unbranched alkanes of at least 4 members (excludes halogenated alkanes) is 18. The molecule has 0 radical (unpaired) electrons. The highest BCUT2D eigenvalue weighted by Gasteiger charge is 2.44. The predicted molar refractivity (Wildman–Crippen MR) is 201 cm³/mol. The predicted octanol–water partition coefficient (Wildman–Crippen LogP) is 6.39. The van der Waals surface area contributed by atoms with Crippen molar-refractivity contribution in [3.05, 3.63) is 35.6 Å². The van der Waals surface area contributed by atoms with Gasteiger partial charge >= 0.3 is 5.97 Å². The Hall–Kier alpha value is -1.70. The Morgan fingerprint density at radius 1 is 0.769 bits per heavy atom. The van der Waals surface area contributed by atoms with Gasteiger partial charge in [0.25, 0.3) is 0 Å². The zero-order valence-electron chi connectivity index (χ0n) is 31.9. The molecule has 0 amide bonds. The van der Waals surface area contributed by atoms with Crippen LogP contribution in [-0.2, 0) is 25.4 Å². The van der Waals surface area contributed by atoms with E-state index in [9.17, 15) is 34.7 Å². The summed E-state index contributed by atoms with van der Waals surface area (Å²) in [5.41, 5.74) is 7.44. The molecule has 1 aliphatic heterocycles. The van der Waals surface area contributed by atoms with Crippen LogP contribution in [-0.4, -0.2) is 93.7 Å². The first kappa shape index (κ1) is 46.5. The average Bonchev–Trinajstić information content (AvgIpc) is 3.14. The second-order valence-corrected chi connectivity index (χ2v) is 14.8. The third-order valence-corrected chi connectivity index (χ3v) is 10.3. The second-order valence-electron chi connectivity index (χ2n) is 14.8. The molecule has 52 heavy (non-hydrogen) atoms. The summed E-state index contributed by atoms with van der Waals surface area (Å²) in [4.78, 5) is 12.9. The number of aliphatic hydroxyl groups is 5. The standard InChI is InChI=1S/C41H72FNO9/c1-2-3-4-5-6-7-8-9-10-14-17-20-23-34(37(46)33(43)30-50-41-40(49)39(48)38(47)35(29-44)52-41)51-36(45)24-21-18-15-12-11-13-16-19-22-31-25-27-32(42)28-26-31/h25-28,33-35,37-41,44,46-49H,2-24,29-30,43H2,1H3/t33-,34+,35?,37-,38-,39-,40?,41-/m0/s1. The summed E-state index contributed by atoms with van der Waals surface area (Å²) in [6, 6.07) is 5.72. The Bertz CT molecular complexity index is 1020. The van der Waals surface area contributed by atoms with Crippen molar-refractivity contribution in [1.82, 2.24) is 0 Å². The Morgan fingerprint density at radius 3 is 1.85 bits per heavy atom. The van der Waals surface area contributed by atoms with Crippen molar-refractivity contribution in [2.75, 3.05) is 13.2 Å². The van der Waals surface area contributed by atoms with Crippen molar-refractivity contribution >= 4 is 5.97 Å². The molecule has 1 aromatic carbocycles. The third-order valence-electron chi connectivity index (χ3n) is 10.3. The maximum atomic E-state index is 13.1. The quantitative estimate of drug-likeness (QED) is 0.0370. The number of rotatable bonds is 31. The van der Waals surface area contributed by atoms with Crippen LogP contribution in [0.15, 0.2) is 24.3 Å². The van der Waals surface area contributed by atoms with E-state index in [1.54, 1.807) is 0 Å². The third kappa shape index (κ3) is 19.6. The molecular formula is C41H72FNO9. The monoisotopic (exact) mass is 742 g/mol. The van der Waals surface area contributed by atoms with Crippen LogP contribution in [0.3, 0.4) is 0 Å². The topological polar surface area (TPSA) is 172 Å². The van der Waals surface area contributed by atoms with Gasteiger partial charge in [-0.25, -0.2) is 4.39 Å². The molecule has 302 valence electrons. The fraction of sp³-hybridized carbons (Fsp3) is 0.829. The van der Waals surface area contributed by atoms with E-state index in [1.165, 1.54) is 69.1 Å². The van der Waals surface area contributed by atoms with Gasteiger partial charge in [0.05, 0.1) is 19.3 Å². The first-order valence-electron chi connectivity index (χ1n) is 20.5. The fourth-order valence-electron chi connectivity index (χ4n) is 6.81. The zero-order valence-corrected chi connectivity index (χ0v) is 31.9. The number of aryl methyl sites for hydroxylation is 1. The Balaban J connectivity index is 1.71. The van der Waals surface area contributed by atoms with Crippen molar-refractivity contribution in [2.24, 2.45) is 5.73 Å². The number of aliphatic hydroxyl groups excluding tert-OH is 5. The van der Waals surface area contributed by atoms with Crippen LogP contribution in [0.2, 0.25) is 0 Å². The molecule has 10 nitrogen and oxygen atoms in total. The first-order valence-corrected chi connectivity index (χ1v) is 20.5. The number of carbonyl (C=O) groups excluding carboxylic acids is 1. The molecule has 8 atom stereocenters. The van der Waals surface area contributed by atoms with Crippen molar-refractivity contribution < 1.29 is 48.9 Å². The van der Waals surface area contributed by atoms with Crippen molar-refractivity contribution in [1.29, 1.82) is 0 Å². The normalized spacial score (nSPS) is 22.3. The number of halogens is 1. The van der Waals surface area contributed by atoms with Crippen LogP contribution in [0.25, 0.3) is 0 Å². The van der Waals surface area contributed by atoms with Crippen molar-refractivity contribution in [3.8, 4) is 0 Å². The van der Waals surface area contributed by atoms with Gasteiger partial charge < -0.3 is 45.5 Å². The number of nitrogens with two attached hydrogens (primary N) is 1. The van der Waals surface area contributed by atoms with E-state index in [1.807, 2.05) is 12.1 Å². The van der Waals surface area contributed by atoms with Gasteiger partial charge in [-0.2, -0.15) is 0 Å². The van der Waals surface area contributed by atoms with Crippen LogP contribution < -0.4 is 5.73 Å². The van der Waals surface area contributed by atoms with E-state index in [0.29, 0.717) is 12.8 Å². The van der Waals surface area contributed by atoms with Crippen LogP contribution in [0.1, 0.15) is 154 Å². The summed E-state index contributed by atoms with van der Waals surface area (Å²) < 4.78 is 29.8. The lowest BCUT2D eigenvalue weighted by Gasteiger charge is -2.40. The van der Waals surface area contributed by atoms with Crippen LogP contribution in [0, 0.1) is 5.82 Å². The van der Waals surface area contributed by atoms with Crippen LogP contribution in [0.4, 0.5) is 4.39 Å². The summed E-state index contributed by atoms with van der Waals surface area (Å²) in [6.45, 7) is 1.37. The van der Waals surface area contributed by atoms with Gasteiger partial charge in [0, 0.05) is 6.42 Å². The van der Waals surface area contributed by atoms with Gasteiger partial charge in [0.1, 0.15) is 42.4 Å². The lowest BCUT2D eigenvalue weighted by Crippen LogP contribution is -2.60. The number of hydrogen-bond donors (Lipinski definition) is 6. The van der Waals surface area contributed by atoms with E-state index >= 15 is 0 Å². The minimum absolute atomic E-state index is 0.202. The molecule has 1 aliphatic rings. The molecule has 0 spiro atoms. The largest absolute Gasteiger partial charge is 0.460 e. The number of esters is 1.